The van der Waals surface area contributed by atoms with Gasteiger partial charge in [0.1, 0.15) is 0 Å². The molecule has 0 fully saturated rings. The van der Waals surface area contributed by atoms with E-state index in [1.54, 1.807) is 24.3 Å². The fourth-order valence-corrected chi connectivity index (χ4v) is 2.63. The predicted octanol–water partition coefficient (Wildman–Crippen LogP) is 2.27. The van der Waals surface area contributed by atoms with Crippen molar-refractivity contribution in [3.63, 3.8) is 0 Å². The molecule has 2 aromatic carbocycles. The molecule has 0 amide bonds. The third-order valence-corrected chi connectivity index (χ3v) is 4.03. The first-order chi connectivity index (χ1) is 10.1. The smallest absolute Gasteiger partial charge is 0.234 e. The largest absolute Gasteiger partial charge is 0.392 e. The SMILES string of the molecule is O=S(=O)(/C=C/c1ccccc1)NCc1ccccc1CO. The molecule has 2 rings (SSSR count). The highest BCUT2D eigenvalue weighted by molar-refractivity contribution is 7.92. The summed E-state index contributed by atoms with van der Waals surface area (Å²) in [5, 5.41) is 10.4. The Morgan fingerprint density at radius 2 is 1.57 bits per heavy atom. The Hall–Kier alpha value is -1.95. The molecule has 0 aromatic heterocycles. The van der Waals surface area contributed by atoms with Crippen molar-refractivity contribution in [3.8, 4) is 0 Å². The van der Waals surface area contributed by atoms with Crippen LogP contribution in [-0.2, 0) is 23.2 Å². The average Bonchev–Trinajstić information content (AvgIpc) is 2.52. The van der Waals surface area contributed by atoms with E-state index in [1.807, 2.05) is 36.4 Å². The molecule has 2 aromatic rings. The highest BCUT2D eigenvalue weighted by Gasteiger charge is 2.07. The van der Waals surface area contributed by atoms with Gasteiger partial charge in [-0.15, -0.1) is 0 Å². The van der Waals surface area contributed by atoms with Crippen molar-refractivity contribution in [2.24, 2.45) is 0 Å². The maximum absolute atomic E-state index is 11.9. The van der Waals surface area contributed by atoms with Gasteiger partial charge in [0.25, 0.3) is 0 Å². The zero-order valence-corrected chi connectivity index (χ0v) is 12.3. The normalized spacial score (nSPS) is 11.9. The van der Waals surface area contributed by atoms with E-state index in [1.165, 1.54) is 0 Å². The van der Waals surface area contributed by atoms with Crippen LogP contribution in [0.15, 0.2) is 60.0 Å². The molecule has 2 N–H and O–H groups in total. The molecule has 0 aliphatic rings. The van der Waals surface area contributed by atoms with Crippen LogP contribution in [0.25, 0.3) is 6.08 Å². The summed E-state index contributed by atoms with van der Waals surface area (Å²) in [6.07, 6.45) is 1.54. The maximum atomic E-state index is 11.9. The van der Waals surface area contributed by atoms with Gasteiger partial charge in [-0.3, -0.25) is 0 Å². The van der Waals surface area contributed by atoms with Crippen molar-refractivity contribution >= 4 is 16.1 Å². The summed E-state index contributed by atoms with van der Waals surface area (Å²) in [6, 6.07) is 16.4. The third kappa shape index (κ3) is 4.82. The first-order valence-electron chi connectivity index (χ1n) is 6.51. The molecule has 4 nitrogen and oxygen atoms in total. The zero-order valence-electron chi connectivity index (χ0n) is 11.4. The van der Waals surface area contributed by atoms with Crippen LogP contribution in [0.2, 0.25) is 0 Å². The Morgan fingerprint density at radius 1 is 0.952 bits per heavy atom. The van der Waals surface area contributed by atoms with Crippen LogP contribution in [0.5, 0.6) is 0 Å². The van der Waals surface area contributed by atoms with Crippen LogP contribution >= 0.6 is 0 Å². The molecule has 0 bridgehead atoms. The number of hydrogen-bond donors (Lipinski definition) is 2. The van der Waals surface area contributed by atoms with Crippen molar-refractivity contribution in [1.29, 1.82) is 0 Å². The molecule has 0 aliphatic carbocycles. The van der Waals surface area contributed by atoms with Gasteiger partial charge < -0.3 is 5.11 Å². The standard InChI is InChI=1S/C16H17NO3S/c18-13-16-9-5-4-8-15(16)12-17-21(19,20)11-10-14-6-2-1-3-7-14/h1-11,17-18H,12-13H2/b11-10+. The van der Waals surface area contributed by atoms with Gasteiger partial charge in [0.05, 0.1) is 6.61 Å². The van der Waals surface area contributed by atoms with Crippen molar-refractivity contribution in [3.05, 3.63) is 76.7 Å². The lowest BCUT2D eigenvalue weighted by Gasteiger charge is -2.07. The number of sulfonamides is 1. The molecule has 0 heterocycles. The Labute approximate surface area is 124 Å². The van der Waals surface area contributed by atoms with Crippen molar-refractivity contribution in [2.45, 2.75) is 13.2 Å². The number of rotatable bonds is 6. The molecular formula is C16H17NO3S. The second-order valence-corrected chi connectivity index (χ2v) is 6.16. The summed E-state index contributed by atoms with van der Waals surface area (Å²) < 4.78 is 26.3. The van der Waals surface area contributed by atoms with Crippen molar-refractivity contribution in [2.75, 3.05) is 0 Å². The highest BCUT2D eigenvalue weighted by atomic mass is 32.2. The van der Waals surface area contributed by atoms with Crippen LogP contribution in [0.3, 0.4) is 0 Å². The maximum Gasteiger partial charge on any atom is 0.234 e. The van der Waals surface area contributed by atoms with E-state index in [0.717, 1.165) is 16.5 Å². The molecule has 0 atom stereocenters. The van der Waals surface area contributed by atoms with E-state index in [4.69, 9.17) is 0 Å². The number of hydrogen-bond acceptors (Lipinski definition) is 3. The monoisotopic (exact) mass is 303 g/mol. The third-order valence-electron chi connectivity index (χ3n) is 2.99. The van der Waals surface area contributed by atoms with Gasteiger partial charge in [0, 0.05) is 12.0 Å². The Morgan fingerprint density at radius 3 is 2.24 bits per heavy atom. The van der Waals surface area contributed by atoms with Gasteiger partial charge >= 0.3 is 0 Å². The quantitative estimate of drug-likeness (QED) is 0.860. The Bertz CT molecular complexity index is 709. The van der Waals surface area contributed by atoms with Gasteiger partial charge in [0.15, 0.2) is 0 Å². The summed E-state index contributed by atoms with van der Waals surface area (Å²) in [6.45, 7) is 0.0377. The second kappa shape index (κ2) is 7.17. The minimum absolute atomic E-state index is 0.113. The van der Waals surface area contributed by atoms with Crippen LogP contribution in [0, 0.1) is 0 Å². The van der Waals surface area contributed by atoms with Gasteiger partial charge in [-0.1, -0.05) is 54.6 Å². The van der Waals surface area contributed by atoms with Crippen molar-refractivity contribution in [1.82, 2.24) is 4.72 Å². The fourth-order valence-electron chi connectivity index (χ4n) is 1.84. The van der Waals surface area contributed by atoms with E-state index in [2.05, 4.69) is 4.72 Å². The number of aliphatic hydroxyl groups is 1. The van der Waals surface area contributed by atoms with Crippen LogP contribution < -0.4 is 4.72 Å². The van der Waals surface area contributed by atoms with Gasteiger partial charge in [-0.2, -0.15) is 0 Å². The first-order valence-corrected chi connectivity index (χ1v) is 8.06. The minimum Gasteiger partial charge on any atom is -0.392 e. The van der Waals surface area contributed by atoms with E-state index in [0.29, 0.717) is 5.56 Å². The Balaban J connectivity index is 2.03. The molecule has 110 valence electrons. The summed E-state index contributed by atoms with van der Waals surface area (Å²) in [4.78, 5) is 0. The summed E-state index contributed by atoms with van der Waals surface area (Å²) in [5.74, 6) is 0. The van der Waals surface area contributed by atoms with Gasteiger partial charge in [-0.25, -0.2) is 13.1 Å². The van der Waals surface area contributed by atoms with Crippen molar-refractivity contribution < 1.29 is 13.5 Å². The second-order valence-electron chi connectivity index (χ2n) is 4.51. The lowest BCUT2D eigenvalue weighted by molar-refractivity contribution is 0.280. The number of nitrogens with one attached hydrogen (secondary N) is 1. The molecule has 0 radical (unpaired) electrons. The molecule has 5 heteroatoms. The van der Waals surface area contributed by atoms with Crippen LogP contribution in [0.1, 0.15) is 16.7 Å². The molecule has 0 saturated heterocycles. The lowest BCUT2D eigenvalue weighted by Crippen LogP contribution is -2.21. The Kier molecular flexibility index (Phi) is 5.27. The molecule has 0 saturated carbocycles. The fraction of sp³-hybridized carbons (Fsp3) is 0.125. The molecule has 21 heavy (non-hydrogen) atoms. The summed E-state index contributed by atoms with van der Waals surface area (Å²) in [5.41, 5.74) is 2.29. The number of benzene rings is 2. The van der Waals surface area contributed by atoms with Gasteiger partial charge in [-0.05, 0) is 22.8 Å². The predicted molar refractivity (Wildman–Crippen MR) is 83.6 cm³/mol. The summed E-state index contributed by atoms with van der Waals surface area (Å²) >= 11 is 0. The first kappa shape index (κ1) is 15.4. The van der Waals surface area contributed by atoms with Crippen LogP contribution in [-0.4, -0.2) is 13.5 Å². The van der Waals surface area contributed by atoms with E-state index in [9.17, 15) is 13.5 Å². The molecule has 0 spiro atoms. The summed E-state index contributed by atoms with van der Waals surface area (Å²) in [7, 11) is -3.52. The van der Waals surface area contributed by atoms with Gasteiger partial charge in [0.2, 0.25) is 10.0 Å². The van der Waals surface area contributed by atoms with Crippen LogP contribution in [0.4, 0.5) is 0 Å². The highest BCUT2D eigenvalue weighted by Crippen LogP contribution is 2.09. The van der Waals surface area contributed by atoms with E-state index >= 15 is 0 Å². The minimum atomic E-state index is -3.52. The lowest BCUT2D eigenvalue weighted by atomic mass is 10.1. The van der Waals surface area contributed by atoms with E-state index in [-0.39, 0.29) is 13.2 Å². The molecular weight excluding hydrogens is 286 g/mol. The molecule has 0 unspecified atom stereocenters. The van der Waals surface area contributed by atoms with E-state index < -0.39 is 10.0 Å². The average molecular weight is 303 g/mol. The topological polar surface area (TPSA) is 66.4 Å². The zero-order chi connectivity index (χ0) is 15.1. The number of aliphatic hydroxyl groups excluding tert-OH is 1. The molecule has 0 aliphatic heterocycles.